The van der Waals surface area contributed by atoms with Crippen molar-refractivity contribution in [3.8, 4) is 0 Å². The molecule has 6 heteroatoms. The highest BCUT2D eigenvalue weighted by molar-refractivity contribution is 8.69. The third-order valence-electron chi connectivity index (χ3n) is 3.51. The lowest BCUT2D eigenvalue weighted by Gasteiger charge is -2.22. The zero-order valence-corrected chi connectivity index (χ0v) is 12.0. The van der Waals surface area contributed by atoms with Crippen molar-refractivity contribution in [3.05, 3.63) is 0 Å². The monoisotopic (exact) mass is 281 g/mol. The van der Waals surface area contributed by atoms with Crippen molar-refractivity contribution < 1.29 is 13.0 Å². The van der Waals surface area contributed by atoms with E-state index < -0.39 is 9.15 Å². The molecule has 0 amide bonds. The number of rotatable bonds is 8. The summed E-state index contributed by atoms with van der Waals surface area (Å²) in [4.78, 5) is 0. The van der Waals surface area contributed by atoms with Crippen molar-refractivity contribution in [1.82, 2.24) is 5.32 Å². The molecule has 1 fully saturated rings. The second kappa shape index (κ2) is 7.61. The summed E-state index contributed by atoms with van der Waals surface area (Å²) in [6.07, 6.45) is 6.60. The van der Waals surface area contributed by atoms with E-state index in [1.165, 1.54) is 32.1 Å². The zero-order valence-electron chi connectivity index (χ0n) is 10.4. The number of hydrogen-bond acceptors (Lipinski definition) is 4. The first-order chi connectivity index (χ1) is 8.03. The Labute approximate surface area is 108 Å². The lowest BCUT2D eigenvalue weighted by molar-refractivity contribution is 0.317. The van der Waals surface area contributed by atoms with E-state index in [0.29, 0.717) is 29.0 Å². The minimum Gasteiger partial charge on any atom is -0.316 e. The van der Waals surface area contributed by atoms with Gasteiger partial charge in [0.1, 0.15) is 0 Å². The fourth-order valence-corrected chi connectivity index (χ4v) is 3.90. The smallest absolute Gasteiger partial charge is 0.316 e. The van der Waals surface area contributed by atoms with Crippen LogP contribution in [0.2, 0.25) is 0 Å². The summed E-state index contributed by atoms with van der Waals surface area (Å²) in [6.45, 7) is 3.82. The molecule has 0 aliphatic heterocycles. The highest BCUT2D eigenvalue weighted by Gasteiger charge is 2.23. The Morgan fingerprint density at radius 3 is 2.59 bits per heavy atom. The second-order valence-corrected chi connectivity index (χ2v) is 8.14. The van der Waals surface area contributed by atoms with Gasteiger partial charge in [0.05, 0.1) is 0 Å². The summed E-state index contributed by atoms with van der Waals surface area (Å²) in [6, 6.07) is 0. The molecule has 1 unspecified atom stereocenters. The van der Waals surface area contributed by atoms with Crippen LogP contribution in [0.15, 0.2) is 0 Å². The second-order valence-electron chi connectivity index (χ2n) is 4.67. The van der Waals surface area contributed by atoms with E-state index in [0.717, 1.165) is 12.5 Å². The van der Waals surface area contributed by atoms with Gasteiger partial charge in [-0.2, -0.15) is 8.42 Å². The van der Waals surface area contributed by atoms with Gasteiger partial charge < -0.3 is 5.32 Å². The average Bonchev–Trinajstić information content (AvgIpc) is 2.75. The molecule has 1 aliphatic rings. The largest absolute Gasteiger partial charge is 0.319 e. The molecule has 17 heavy (non-hydrogen) atoms. The van der Waals surface area contributed by atoms with E-state index >= 15 is 0 Å². The molecule has 0 radical (unpaired) electrons. The Hall–Kier alpha value is 0.220. The van der Waals surface area contributed by atoms with Crippen molar-refractivity contribution in [3.63, 3.8) is 0 Å². The molecular weight excluding hydrogens is 258 g/mol. The van der Waals surface area contributed by atoms with Crippen LogP contribution in [0, 0.1) is 11.8 Å². The van der Waals surface area contributed by atoms with E-state index in [9.17, 15) is 8.42 Å². The van der Waals surface area contributed by atoms with Crippen LogP contribution in [0.1, 0.15) is 39.0 Å². The normalized spacial score (nSPS) is 19.6. The fourth-order valence-electron chi connectivity index (χ4n) is 2.58. The average molecular weight is 281 g/mol. The first kappa shape index (κ1) is 15.3. The SMILES string of the molecule is CCC(CNCCSS(=O)(=O)O)C1CCCC1. The standard InChI is InChI=1S/C11H23NO3S2/c1-2-10(11-5-3-4-6-11)9-12-7-8-16-17(13,14)15/h10-12H,2-9H2,1H3,(H,13,14,15). The lowest BCUT2D eigenvalue weighted by atomic mass is 9.89. The van der Waals surface area contributed by atoms with Crippen LogP contribution < -0.4 is 5.32 Å². The van der Waals surface area contributed by atoms with Crippen LogP contribution in [0.5, 0.6) is 0 Å². The Balaban J connectivity index is 2.11. The van der Waals surface area contributed by atoms with Crippen LogP contribution in [0.4, 0.5) is 0 Å². The van der Waals surface area contributed by atoms with E-state index in [1.54, 1.807) is 0 Å². The third kappa shape index (κ3) is 6.64. The Kier molecular flexibility index (Phi) is 6.84. The summed E-state index contributed by atoms with van der Waals surface area (Å²) in [5.41, 5.74) is 0. The maximum atomic E-state index is 10.5. The lowest BCUT2D eigenvalue weighted by Crippen LogP contribution is -2.28. The van der Waals surface area contributed by atoms with E-state index in [4.69, 9.17) is 4.55 Å². The molecule has 0 bridgehead atoms. The molecule has 0 saturated heterocycles. The molecule has 1 atom stereocenters. The first-order valence-electron chi connectivity index (χ1n) is 6.35. The quantitative estimate of drug-likeness (QED) is 0.406. The number of hydrogen-bond donors (Lipinski definition) is 2. The minimum absolute atomic E-state index is 0.403. The summed E-state index contributed by atoms with van der Waals surface area (Å²) in [5, 5.41) is 3.29. The van der Waals surface area contributed by atoms with Crippen LogP contribution in [-0.2, 0) is 9.15 Å². The number of nitrogens with one attached hydrogen (secondary N) is 1. The molecule has 1 saturated carbocycles. The van der Waals surface area contributed by atoms with Gasteiger partial charge in [-0.1, -0.05) is 39.0 Å². The predicted molar refractivity (Wildman–Crippen MR) is 72.6 cm³/mol. The van der Waals surface area contributed by atoms with Gasteiger partial charge in [-0.3, -0.25) is 4.55 Å². The summed E-state index contributed by atoms with van der Waals surface area (Å²) in [5.74, 6) is 1.97. The van der Waals surface area contributed by atoms with Gasteiger partial charge in [0.15, 0.2) is 0 Å². The molecule has 1 aliphatic carbocycles. The van der Waals surface area contributed by atoms with Gasteiger partial charge in [-0.15, -0.1) is 0 Å². The molecule has 0 spiro atoms. The van der Waals surface area contributed by atoms with Crippen molar-refractivity contribution in [1.29, 1.82) is 0 Å². The molecular formula is C11H23NO3S2. The van der Waals surface area contributed by atoms with Crippen LogP contribution in [0.25, 0.3) is 0 Å². The maximum absolute atomic E-state index is 10.5. The molecule has 102 valence electrons. The van der Waals surface area contributed by atoms with Crippen LogP contribution >= 0.6 is 10.8 Å². The molecule has 0 aromatic rings. The Bertz CT molecular complexity index is 300. The van der Waals surface area contributed by atoms with Gasteiger partial charge in [0, 0.05) is 12.3 Å². The predicted octanol–water partition coefficient (Wildman–Crippen LogP) is 2.33. The molecule has 4 nitrogen and oxygen atoms in total. The fraction of sp³-hybridized carbons (Fsp3) is 1.00. The van der Waals surface area contributed by atoms with Crippen molar-refractivity contribution in [2.75, 3.05) is 18.8 Å². The highest BCUT2D eigenvalue weighted by Crippen LogP contribution is 2.32. The summed E-state index contributed by atoms with van der Waals surface area (Å²) >= 11 is 0. The molecule has 0 aromatic carbocycles. The molecule has 0 aromatic heterocycles. The minimum atomic E-state index is -3.87. The van der Waals surface area contributed by atoms with Crippen LogP contribution in [0.3, 0.4) is 0 Å². The first-order valence-corrected chi connectivity index (χ1v) is 9.29. The van der Waals surface area contributed by atoms with E-state index in [2.05, 4.69) is 12.2 Å². The highest BCUT2D eigenvalue weighted by atomic mass is 33.1. The molecule has 2 N–H and O–H groups in total. The van der Waals surface area contributed by atoms with Gasteiger partial charge in [-0.05, 0) is 29.2 Å². The summed E-state index contributed by atoms with van der Waals surface area (Å²) in [7, 11) is -3.28. The maximum Gasteiger partial charge on any atom is 0.319 e. The van der Waals surface area contributed by atoms with Crippen molar-refractivity contribution in [2.24, 2.45) is 11.8 Å². The zero-order chi connectivity index (χ0) is 12.7. The Morgan fingerprint density at radius 2 is 2.06 bits per heavy atom. The van der Waals surface area contributed by atoms with Gasteiger partial charge in [-0.25, -0.2) is 0 Å². The van der Waals surface area contributed by atoms with Gasteiger partial charge in [0.25, 0.3) is 0 Å². The molecule has 1 rings (SSSR count). The van der Waals surface area contributed by atoms with Crippen molar-refractivity contribution in [2.45, 2.75) is 39.0 Å². The van der Waals surface area contributed by atoms with Gasteiger partial charge in [0.2, 0.25) is 0 Å². The van der Waals surface area contributed by atoms with E-state index in [-0.39, 0.29) is 0 Å². The third-order valence-corrected chi connectivity index (χ3v) is 5.57. The Morgan fingerprint density at radius 1 is 1.41 bits per heavy atom. The molecule has 0 heterocycles. The van der Waals surface area contributed by atoms with Gasteiger partial charge >= 0.3 is 9.15 Å². The van der Waals surface area contributed by atoms with Crippen LogP contribution in [-0.4, -0.2) is 31.8 Å². The topological polar surface area (TPSA) is 66.4 Å². The van der Waals surface area contributed by atoms with Crippen molar-refractivity contribution >= 4 is 19.9 Å². The van der Waals surface area contributed by atoms with E-state index in [1.807, 2.05) is 0 Å². The summed E-state index contributed by atoms with van der Waals surface area (Å²) < 4.78 is 29.5.